The maximum Gasteiger partial charge on any atom is 0.223 e. The van der Waals surface area contributed by atoms with E-state index in [4.69, 9.17) is 0 Å². The van der Waals surface area contributed by atoms with Crippen LogP contribution in [0.5, 0.6) is 0 Å². The number of likely N-dealkylation sites (tertiary alicyclic amines) is 1. The fraction of sp³-hybridized carbons (Fsp3) is 0.533. The first-order chi connectivity index (χ1) is 9.58. The Morgan fingerprint density at radius 1 is 1.35 bits per heavy atom. The molecule has 20 heavy (non-hydrogen) atoms. The maximum atomic E-state index is 11.9. The lowest BCUT2D eigenvalue weighted by Crippen LogP contribution is -2.31. The third kappa shape index (κ3) is 4.30. The summed E-state index contributed by atoms with van der Waals surface area (Å²) in [7, 11) is 0. The Kier molecular flexibility index (Phi) is 6.05. The standard InChI is InChI=1S/C15H20Br2N2O/c1-11(13-5-4-12(16)10-14(13)17)18-7-6-15(20)19-8-2-3-9-19/h4-5,10-11,18H,2-3,6-9H2,1H3. The molecule has 1 aromatic carbocycles. The van der Waals surface area contributed by atoms with Gasteiger partial charge in [-0.15, -0.1) is 0 Å². The van der Waals surface area contributed by atoms with Crippen LogP contribution < -0.4 is 5.32 Å². The number of hydrogen-bond acceptors (Lipinski definition) is 2. The lowest BCUT2D eigenvalue weighted by Gasteiger charge is -2.18. The SMILES string of the molecule is CC(NCCC(=O)N1CCCC1)c1ccc(Br)cc1Br. The number of benzene rings is 1. The first kappa shape index (κ1) is 16.0. The van der Waals surface area contributed by atoms with Crippen molar-refractivity contribution in [1.29, 1.82) is 0 Å². The van der Waals surface area contributed by atoms with Crippen LogP contribution in [-0.4, -0.2) is 30.4 Å². The summed E-state index contributed by atoms with van der Waals surface area (Å²) in [5.74, 6) is 0.275. The summed E-state index contributed by atoms with van der Waals surface area (Å²) in [6.45, 7) is 4.71. The van der Waals surface area contributed by atoms with Crippen molar-refractivity contribution in [2.45, 2.75) is 32.2 Å². The Morgan fingerprint density at radius 2 is 2.05 bits per heavy atom. The highest BCUT2D eigenvalue weighted by molar-refractivity contribution is 9.11. The Balaban J connectivity index is 1.79. The predicted octanol–water partition coefficient (Wildman–Crippen LogP) is 3.87. The van der Waals surface area contributed by atoms with Crippen LogP contribution >= 0.6 is 31.9 Å². The average Bonchev–Trinajstić information content (AvgIpc) is 2.92. The number of amides is 1. The van der Waals surface area contributed by atoms with Gasteiger partial charge in [0.15, 0.2) is 0 Å². The van der Waals surface area contributed by atoms with Crippen molar-refractivity contribution in [3.8, 4) is 0 Å². The first-order valence-electron chi connectivity index (χ1n) is 7.04. The summed E-state index contributed by atoms with van der Waals surface area (Å²) >= 11 is 7.03. The highest BCUT2D eigenvalue weighted by Gasteiger charge is 2.17. The molecular weight excluding hydrogens is 384 g/mol. The van der Waals surface area contributed by atoms with E-state index in [1.54, 1.807) is 0 Å². The van der Waals surface area contributed by atoms with Gasteiger partial charge < -0.3 is 10.2 Å². The van der Waals surface area contributed by atoms with Crippen LogP contribution in [0.2, 0.25) is 0 Å². The van der Waals surface area contributed by atoms with Gasteiger partial charge in [0.05, 0.1) is 0 Å². The molecular formula is C15H20Br2N2O. The van der Waals surface area contributed by atoms with Gasteiger partial charge in [-0.05, 0) is 37.5 Å². The molecule has 1 aliphatic heterocycles. The molecule has 1 heterocycles. The fourth-order valence-electron chi connectivity index (χ4n) is 2.48. The molecule has 3 nitrogen and oxygen atoms in total. The summed E-state index contributed by atoms with van der Waals surface area (Å²) in [4.78, 5) is 13.9. The van der Waals surface area contributed by atoms with E-state index in [1.165, 1.54) is 5.56 Å². The van der Waals surface area contributed by atoms with Crippen molar-refractivity contribution < 1.29 is 4.79 Å². The largest absolute Gasteiger partial charge is 0.343 e. The molecule has 1 saturated heterocycles. The monoisotopic (exact) mass is 402 g/mol. The number of nitrogens with one attached hydrogen (secondary N) is 1. The number of hydrogen-bond donors (Lipinski definition) is 1. The second-order valence-corrected chi connectivity index (χ2v) is 6.95. The molecule has 1 aromatic rings. The van der Waals surface area contributed by atoms with E-state index in [9.17, 15) is 4.79 Å². The van der Waals surface area contributed by atoms with Crippen LogP contribution in [0.1, 0.15) is 37.8 Å². The lowest BCUT2D eigenvalue weighted by atomic mass is 10.1. The molecule has 1 amide bonds. The van der Waals surface area contributed by atoms with Gasteiger partial charge in [-0.2, -0.15) is 0 Å². The molecule has 1 aliphatic rings. The Hall–Kier alpha value is -0.390. The van der Waals surface area contributed by atoms with Crippen LogP contribution in [0.4, 0.5) is 0 Å². The molecule has 1 atom stereocenters. The molecule has 1 fully saturated rings. The number of rotatable bonds is 5. The molecule has 1 N–H and O–H groups in total. The topological polar surface area (TPSA) is 32.3 Å². The number of halogens is 2. The van der Waals surface area contributed by atoms with Gasteiger partial charge in [0.1, 0.15) is 0 Å². The summed E-state index contributed by atoms with van der Waals surface area (Å²) in [5, 5.41) is 3.42. The molecule has 0 aliphatic carbocycles. The molecule has 0 saturated carbocycles. The summed E-state index contributed by atoms with van der Waals surface area (Å²) in [6.07, 6.45) is 2.89. The predicted molar refractivity (Wildman–Crippen MR) is 88.7 cm³/mol. The lowest BCUT2D eigenvalue weighted by molar-refractivity contribution is -0.130. The van der Waals surface area contributed by atoms with E-state index in [1.807, 2.05) is 17.0 Å². The van der Waals surface area contributed by atoms with Crippen LogP contribution in [0.15, 0.2) is 27.1 Å². The summed E-state index contributed by atoms with van der Waals surface area (Å²) in [6, 6.07) is 6.40. The first-order valence-corrected chi connectivity index (χ1v) is 8.62. The van der Waals surface area contributed by atoms with E-state index in [2.05, 4.69) is 50.2 Å². The third-order valence-corrected chi connectivity index (χ3v) is 4.86. The molecule has 0 bridgehead atoms. The van der Waals surface area contributed by atoms with Gasteiger partial charge in [-0.25, -0.2) is 0 Å². The van der Waals surface area contributed by atoms with Crippen LogP contribution in [0.3, 0.4) is 0 Å². The molecule has 0 radical (unpaired) electrons. The minimum Gasteiger partial charge on any atom is -0.343 e. The van der Waals surface area contributed by atoms with Crippen molar-refractivity contribution in [3.63, 3.8) is 0 Å². The van der Waals surface area contributed by atoms with Gasteiger partial charge in [0, 0.05) is 41.0 Å². The Labute approximate surface area is 137 Å². The Bertz CT molecular complexity index is 473. The second kappa shape index (κ2) is 7.57. The highest BCUT2D eigenvalue weighted by atomic mass is 79.9. The third-order valence-electron chi connectivity index (χ3n) is 3.68. The van der Waals surface area contributed by atoms with Crippen molar-refractivity contribution >= 4 is 37.8 Å². The van der Waals surface area contributed by atoms with Gasteiger partial charge >= 0.3 is 0 Å². The zero-order valence-electron chi connectivity index (χ0n) is 11.7. The normalized spacial score (nSPS) is 16.4. The number of nitrogens with zero attached hydrogens (tertiary/aromatic N) is 1. The molecule has 110 valence electrons. The fourth-order valence-corrected chi connectivity index (χ4v) is 3.87. The second-order valence-electron chi connectivity index (χ2n) is 5.18. The molecule has 0 aromatic heterocycles. The molecule has 0 spiro atoms. The summed E-state index contributed by atoms with van der Waals surface area (Å²) < 4.78 is 2.14. The van der Waals surface area contributed by atoms with Gasteiger partial charge in [-0.3, -0.25) is 4.79 Å². The molecule has 5 heteroatoms. The van der Waals surface area contributed by atoms with Crippen molar-refractivity contribution in [2.24, 2.45) is 0 Å². The molecule has 2 rings (SSSR count). The van der Waals surface area contributed by atoms with E-state index in [0.29, 0.717) is 6.42 Å². The van der Waals surface area contributed by atoms with Crippen LogP contribution in [-0.2, 0) is 4.79 Å². The zero-order chi connectivity index (χ0) is 14.5. The average molecular weight is 404 g/mol. The highest BCUT2D eigenvalue weighted by Crippen LogP contribution is 2.26. The number of carbonyl (C=O) groups excluding carboxylic acids is 1. The molecule has 1 unspecified atom stereocenters. The van der Waals surface area contributed by atoms with Gasteiger partial charge in [-0.1, -0.05) is 37.9 Å². The van der Waals surface area contributed by atoms with Crippen molar-refractivity contribution in [3.05, 3.63) is 32.7 Å². The van der Waals surface area contributed by atoms with Crippen LogP contribution in [0.25, 0.3) is 0 Å². The zero-order valence-corrected chi connectivity index (χ0v) is 14.8. The van der Waals surface area contributed by atoms with E-state index in [-0.39, 0.29) is 11.9 Å². The van der Waals surface area contributed by atoms with Gasteiger partial charge in [0.2, 0.25) is 5.91 Å². The van der Waals surface area contributed by atoms with Gasteiger partial charge in [0.25, 0.3) is 0 Å². The van der Waals surface area contributed by atoms with E-state index >= 15 is 0 Å². The summed E-state index contributed by atoms with van der Waals surface area (Å²) in [5.41, 5.74) is 1.21. The van der Waals surface area contributed by atoms with Crippen molar-refractivity contribution in [1.82, 2.24) is 10.2 Å². The quantitative estimate of drug-likeness (QED) is 0.809. The van der Waals surface area contributed by atoms with E-state index in [0.717, 1.165) is 41.4 Å². The Morgan fingerprint density at radius 3 is 2.70 bits per heavy atom. The van der Waals surface area contributed by atoms with Crippen LogP contribution in [0, 0.1) is 0 Å². The van der Waals surface area contributed by atoms with Crippen molar-refractivity contribution in [2.75, 3.05) is 19.6 Å². The van der Waals surface area contributed by atoms with E-state index < -0.39 is 0 Å². The minimum atomic E-state index is 0.226. The maximum absolute atomic E-state index is 11.9. The number of carbonyl (C=O) groups is 1. The smallest absolute Gasteiger partial charge is 0.223 e. The minimum absolute atomic E-state index is 0.226.